The largest absolute Gasteiger partial charge is 0.271 e. The number of rotatable bonds is 4. The molecule has 0 saturated carbocycles. The summed E-state index contributed by atoms with van der Waals surface area (Å²) in [5.74, 6) is 4.16. The van der Waals surface area contributed by atoms with Crippen LogP contribution in [0.4, 0.5) is 8.78 Å². The van der Waals surface area contributed by atoms with E-state index >= 15 is 0 Å². The van der Waals surface area contributed by atoms with Crippen molar-refractivity contribution in [2.24, 2.45) is 12.9 Å². The number of aryl methyl sites for hydroxylation is 1. The van der Waals surface area contributed by atoms with Gasteiger partial charge in [0.15, 0.2) is 0 Å². The van der Waals surface area contributed by atoms with Crippen LogP contribution in [0.3, 0.4) is 0 Å². The van der Waals surface area contributed by atoms with Crippen LogP contribution in [0.5, 0.6) is 0 Å². The number of hydrazine groups is 1. The summed E-state index contributed by atoms with van der Waals surface area (Å²) in [5.41, 5.74) is 2.95. The molecule has 1 aromatic carbocycles. The van der Waals surface area contributed by atoms with E-state index in [1.54, 1.807) is 7.05 Å². The fraction of sp³-hybridized carbons (Fsp3) is 0.273. The molecular weight excluding hydrogens is 320 g/mol. The highest BCUT2D eigenvalue weighted by atomic mass is 79.9. The van der Waals surface area contributed by atoms with Gasteiger partial charge in [0.25, 0.3) is 0 Å². The molecule has 0 aliphatic carbocycles. The number of nitrogens with two attached hydrogens (primary N) is 1. The molecule has 0 aliphatic heterocycles. The van der Waals surface area contributed by atoms with Gasteiger partial charge < -0.3 is 0 Å². The minimum Gasteiger partial charge on any atom is -0.271 e. The van der Waals surface area contributed by atoms with Gasteiger partial charge in [-0.3, -0.25) is 11.3 Å². The minimum atomic E-state index is -0.635. The van der Waals surface area contributed by atoms with E-state index in [1.165, 1.54) is 23.1 Å². The molecule has 0 saturated heterocycles. The molecule has 2 rings (SSSR count). The Kier molecular flexibility index (Phi) is 4.23. The SMILES string of the molecule is Cn1ncc(C(Cc2c(F)ccc(Br)c2F)NN)n1. The second-order valence-corrected chi connectivity index (χ2v) is 4.86. The monoisotopic (exact) mass is 331 g/mol. The Hall–Kier alpha value is -1.38. The van der Waals surface area contributed by atoms with Gasteiger partial charge in [0, 0.05) is 19.0 Å². The molecule has 0 bridgehead atoms. The Balaban J connectivity index is 2.31. The van der Waals surface area contributed by atoms with Crippen LogP contribution < -0.4 is 11.3 Å². The van der Waals surface area contributed by atoms with Crippen molar-refractivity contribution in [3.63, 3.8) is 0 Å². The van der Waals surface area contributed by atoms with Crippen molar-refractivity contribution in [2.75, 3.05) is 0 Å². The van der Waals surface area contributed by atoms with E-state index in [2.05, 4.69) is 31.6 Å². The smallest absolute Gasteiger partial charge is 0.143 e. The number of halogens is 3. The number of nitrogens with zero attached hydrogens (tertiary/aromatic N) is 3. The predicted octanol–water partition coefficient (Wildman–Crippen LogP) is 1.60. The number of benzene rings is 1. The van der Waals surface area contributed by atoms with Crippen LogP contribution in [0.15, 0.2) is 22.8 Å². The normalized spacial score (nSPS) is 12.7. The highest BCUT2D eigenvalue weighted by molar-refractivity contribution is 9.10. The highest BCUT2D eigenvalue weighted by Crippen LogP contribution is 2.25. The van der Waals surface area contributed by atoms with Crippen LogP contribution in [0.2, 0.25) is 0 Å². The fourth-order valence-electron chi connectivity index (χ4n) is 1.73. The van der Waals surface area contributed by atoms with Gasteiger partial charge in [-0.05, 0) is 28.1 Å². The molecule has 0 aliphatic rings. The van der Waals surface area contributed by atoms with E-state index in [4.69, 9.17) is 5.84 Å². The first kappa shape index (κ1) is 14.0. The zero-order chi connectivity index (χ0) is 14.0. The Morgan fingerprint density at radius 2 is 2.21 bits per heavy atom. The lowest BCUT2D eigenvalue weighted by Crippen LogP contribution is -2.30. The van der Waals surface area contributed by atoms with Gasteiger partial charge in [-0.2, -0.15) is 15.0 Å². The van der Waals surface area contributed by atoms with E-state index in [9.17, 15) is 8.78 Å². The summed E-state index contributed by atoms with van der Waals surface area (Å²) in [6.07, 6.45) is 1.53. The third-order valence-corrected chi connectivity index (χ3v) is 3.34. The molecule has 0 fully saturated rings. The molecule has 0 amide bonds. The quantitative estimate of drug-likeness (QED) is 0.507. The van der Waals surface area contributed by atoms with E-state index in [0.717, 1.165) is 0 Å². The molecule has 102 valence electrons. The Labute approximate surface area is 116 Å². The van der Waals surface area contributed by atoms with Crippen LogP contribution in [0, 0.1) is 11.6 Å². The first-order valence-corrected chi connectivity index (χ1v) is 6.27. The predicted molar refractivity (Wildman–Crippen MR) is 68.8 cm³/mol. The summed E-state index contributed by atoms with van der Waals surface area (Å²) in [5, 5.41) is 7.97. The van der Waals surface area contributed by atoms with E-state index in [-0.39, 0.29) is 16.5 Å². The fourth-order valence-corrected chi connectivity index (χ4v) is 2.10. The summed E-state index contributed by atoms with van der Waals surface area (Å²) in [6.45, 7) is 0. The second kappa shape index (κ2) is 5.72. The number of hydrogen-bond donors (Lipinski definition) is 2. The van der Waals surface area contributed by atoms with Crippen LogP contribution >= 0.6 is 15.9 Å². The molecule has 0 spiro atoms. The maximum atomic E-state index is 13.9. The number of hydrogen-bond acceptors (Lipinski definition) is 4. The van der Waals surface area contributed by atoms with E-state index in [1.807, 2.05) is 0 Å². The van der Waals surface area contributed by atoms with Gasteiger partial charge in [-0.1, -0.05) is 0 Å². The molecule has 1 heterocycles. The highest BCUT2D eigenvalue weighted by Gasteiger charge is 2.20. The number of aromatic nitrogens is 3. The van der Waals surface area contributed by atoms with Gasteiger partial charge in [0.1, 0.15) is 17.3 Å². The molecule has 2 aromatic rings. The maximum absolute atomic E-state index is 13.9. The molecule has 1 aromatic heterocycles. The van der Waals surface area contributed by atoms with Crippen molar-refractivity contribution in [3.05, 3.63) is 45.7 Å². The molecule has 8 heteroatoms. The summed E-state index contributed by atoms with van der Waals surface area (Å²) in [7, 11) is 1.65. The average Bonchev–Trinajstić information content (AvgIpc) is 2.81. The lowest BCUT2D eigenvalue weighted by Gasteiger charge is -2.14. The first-order valence-electron chi connectivity index (χ1n) is 5.47. The Bertz CT molecular complexity index is 586. The van der Waals surface area contributed by atoms with Crippen LogP contribution in [0.1, 0.15) is 17.3 Å². The van der Waals surface area contributed by atoms with Crippen molar-refractivity contribution < 1.29 is 8.78 Å². The zero-order valence-electron chi connectivity index (χ0n) is 10.1. The summed E-state index contributed by atoms with van der Waals surface area (Å²) < 4.78 is 27.8. The van der Waals surface area contributed by atoms with Gasteiger partial charge in [0.05, 0.1) is 16.7 Å². The molecule has 1 unspecified atom stereocenters. The van der Waals surface area contributed by atoms with Gasteiger partial charge >= 0.3 is 0 Å². The minimum absolute atomic E-state index is 0.0340. The van der Waals surface area contributed by atoms with E-state index in [0.29, 0.717) is 5.69 Å². The third-order valence-electron chi connectivity index (χ3n) is 2.72. The lowest BCUT2D eigenvalue weighted by atomic mass is 10.0. The van der Waals surface area contributed by atoms with Crippen molar-refractivity contribution in [3.8, 4) is 0 Å². The number of nitrogens with one attached hydrogen (secondary N) is 1. The standard InChI is InChI=1S/C11H12BrF2N5/c1-19-16-5-10(18-19)9(17-15)4-6-8(13)3-2-7(12)11(6)14/h2-3,5,9,17H,4,15H2,1H3. The van der Waals surface area contributed by atoms with Gasteiger partial charge in [-0.25, -0.2) is 8.78 Å². The Morgan fingerprint density at radius 1 is 1.47 bits per heavy atom. The molecule has 19 heavy (non-hydrogen) atoms. The first-order chi connectivity index (χ1) is 9.02. The molecule has 1 atom stereocenters. The van der Waals surface area contributed by atoms with Crippen LogP contribution in [-0.4, -0.2) is 15.0 Å². The maximum Gasteiger partial charge on any atom is 0.143 e. The van der Waals surface area contributed by atoms with Gasteiger partial charge in [-0.15, -0.1) is 0 Å². The van der Waals surface area contributed by atoms with E-state index < -0.39 is 17.7 Å². The van der Waals surface area contributed by atoms with Gasteiger partial charge in [0.2, 0.25) is 0 Å². The van der Waals surface area contributed by atoms with Crippen molar-refractivity contribution in [2.45, 2.75) is 12.5 Å². The molecule has 5 nitrogen and oxygen atoms in total. The van der Waals surface area contributed by atoms with Crippen molar-refractivity contribution >= 4 is 15.9 Å². The molecule has 3 N–H and O–H groups in total. The second-order valence-electron chi connectivity index (χ2n) is 4.00. The van der Waals surface area contributed by atoms with Crippen molar-refractivity contribution in [1.29, 1.82) is 0 Å². The summed E-state index contributed by atoms with van der Waals surface area (Å²) >= 11 is 3.03. The average molecular weight is 332 g/mol. The Morgan fingerprint density at radius 3 is 2.79 bits per heavy atom. The topological polar surface area (TPSA) is 68.8 Å². The zero-order valence-corrected chi connectivity index (χ0v) is 11.7. The van der Waals surface area contributed by atoms with Crippen LogP contribution in [0.25, 0.3) is 0 Å². The summed E-state index contributed by atoms with van der Waals surface area (Å²) in [6, 6.07) is 2.00. The van der Waals surface area contributed by atoms with Crippen molar-refractivity contribution in [1.82, 2.24) is 20.4 Å². The molecule has 0 radical (unpaired) electrons. The van der Waals surface area contributed by atoms with Crippen LogP contribution in [-0.2, 0) is 13.5 Å². The third kappa shape index (κ3) is 2.96. The summed E-state index contributed by atoms with van der Waals surface area (Å²) in [4.78, 5) is 1.35. The lowest BCUT2D eigenvalue weighted by molar-refractivity contribution is 0.486. The molecular formula is C11H12BrF2N5.